The van der Waals surface area contributed by atoms with E-state index in [0.717, 1.165) is 22.3 Å². The minimum atomic E-state index is -0.779. The van der Waals surface area contributed by atoms with Gasteiger partial charge < -0.3 is 4.74 Å². The molecule has 0 atom stereocenters. The van der Waals surface area contributed by atoms with Gasteiger partial charge in [-0.2, -0.15) is 5.26 Å². The number of aromatic nitrogens is 1. The van der Waals surface area contributed by atoms with Crippen molar-refractivity contribution in [3.8, 4) is 16.6 Å². The average Bonchev–Trinajstić information content (AvgIpc) is 3.07. The summed E-state index contributed by atoms with van der Waals surface area (Å²) in [6.07, 6.45) is -0.779. The zero-order chi connectivity index (χ0) is 16.7. The van der Waals surface area contributed by atoms with Crippen molar-refractivity contribution < 1.29 is 14.3 Å². The van der Waals surface area contributed by atoms with Crippen LogP contribution < -0.4 is 5.32 Å². The number of hydrogen-bond donors (Lipinski definition) is 1. The molecule has 0 unspecified atom stereocenters. The van der Waals surface area contributed by atoms with E-state index < -0.39 is 12.0 Å². The summed E-state index contributed by atoms with van der Waals surface area (Å²) in [5.74, 6) is -0.533. The number of imide groups is 1. The van der Waals surface area contributed by atoms with Crippen LogP contribution in [0.15, 0.2) is 34.7 Å². The molecule has 0 aliphatic carbocycles. The van der Waals surface area contributed by atoms with Crippen molar-refractivity contribution in [1.82, 2.24) is 10.3 Å². The van der Waals surface area contributed by atoms with Crippen LogP contribution in [-0.2, 0) is 9.53 Å². The molecule has 0 aromatic carbocycles. The summed E-state index contributed by atoms with van der Waals surface area (Å²) in [5, 5.41) is 13.6. The van der Waals surface area contributed by atoms with Crippen molar-refractivity contribution in [3.05, 3.63) is 35.2 Å². The molecule has 6 nitrogen and oxygen atoms in total. The van der Waals surface area contributed by atoms with Crippen LogP contribution >= 0.6 is 23.1 Å². The first-order valence-electron chi connectivity index (χ1n) is 6.68. The van der Waals surface area contributed by atoms with Crippen LogP contribution in [0.5, 0.6) is 0 Å². The van der Waals surface area contributed by atoms with Crippen LogP contribution in [0.3, 0.4) is 0 Å². The van der Waals surface area contributed by atoms with Crippen LogP contribution in [-0.4, -0.2) is 29.3 Å². The molecular weight excluding hydrogens is 334 g/mol. The second-order valence-electron chi connectivity index (χ2n) is 4.20. The molecular formula is C15H13N3O3S2. The first-order valence-corrected chi connectivity index (χ1v) is 8.55. The zero-order valence-corrected chi connectivity index (χ0v) is 13.9. The van der Waals surface area contributed by atoms with E-state index in [1.807, 2.05) is 23.6 Å². The number of nitrogens with one attached hydrogen (secondary N) is 1. The number of carbonyl (C=O) groups excluding carboxylic acids is 2. The minimum absolute atomic E-state index is 0.0333. The van der Waals surface area contributed by atoms with E-state index in [1.54, 1.807) is 30.4 Å². The van der Waals surface area contributed by atoms with Crippen LogP contribution in [0.25, 0.3) is 10.6 Å². The first-order chi connectivity index (χ1) is 11.1. The lowest BCUT2D eigenvalue weighted by Gasteiger charge is -2.06. The Balaban J connectivity index is 2.06. The molecule has 0 aliphatic heterocycles. The highest BCUT2D eigenvalue weighted by atomic mass is 32.2. The van der Waals surface area contributed by atoms with E-state index in [2.05, 4.69) is 15.0 Å². The Bertz CT molecular complexity index is 739. The van der Waals surface area contributed by atoms with Gasteiger partial charge in [-0.1, -0.05) is 17.8 Å². The fourth-order valence-corrected chi connectivity index (χ4v) is 3.12. The fraction of sp³-hybridized carbons (Fsp3) is 0.200. The van der Waals surface area contributed by atoms with Crippen molar-refractivity contribution in [2.75, 3.05) is 12.4 Å². The summed E-state index contributed by atoms with van der Waals surface area (Å²) < 4.78 is 4.63. The molecule has 2 amide bonds. The van der Waals surface area contributed by atoms with Crippen molar-refractivity contribution in [1.29, 1.82) is 5.26 Å². The highest BCUT2D eigenvalue weighted by Gasteiger charge is 2.13. The SMILES string of the molecule is CCOC(=O)NC(=O)CSc1nc(-c2cccs2)ccc1C#N. The number of rotatable bonds is 5. The van der Waals surface area contributed by atoms with Gasteiger partial charge in [-0.05, 0) is 30.5 Å². The molecule has 23 heavy (non-hydrogen) atoms. The first kappa shape index (κ1) is 17.0. The van der Waals surface area contributed by atoms with Gasteiger partial charge in [-0.15, -0.1) is 11.3 Å². The lowest BCUT2D eigenvalue weighted by Crippen LogP contribution is -2.32. The molecule has 2 aromatic heterocycles. The Morgan fingerprint density at radius 3 is 2.91 bits per heavy atom. The predicted octanol–water partition coefficient (Wildman–Crippen LogP) is 3.05. The minimum Gasteiger partial charge on any atom is -0.450 e. The third-order valence-corrected chi connectivity index (χ3v) is 4.49. The summed E-state index contributed by atoms with van der Waals surface area (Å²) in [6, 6.07) is 9.34. The van der Waals surface area contributed by atoms with Crippen LogP contribution in [0.1, 0.15) is 12.5 Å². The van der Waals surface area contributed by atoms with Gasteiger partial charge in [-0.3, -0.25) is 10.1 Å². The number of alkyl carbamates (subject to hydrolysis) is 1. The number of thiophene rings is 1. The molecule has 0 spiro atoms. The smallest absolute Gasteiger partial charge is 0.413 e. The molecule has 0 bridgehead atoms. The molecule has 0 aliphatic rings. The topological polar surface area (TPSA) is 92.1 Å². The number of nitriles is 1. The van der Waals surface area contributed by atoms with E-state index in [-0.39, 0.29) is 12.4 Å². The number of thioether (sulfide) groups is 1. The third kappa shape index (κ3) is 4.81. The molecule has 118 valence electrons. The Labute approximate surface area is 141 Å². The Kier molecular flexibility index (Phi) is 6.14. The largest absolute Gasteiger partial charge is 0.450 e. The molecule has 2 aromatic rings. The van der Waals surface area contributed by atoms with Crippen molar-refractivity contribution in [2.45, 2.75) is 11.9 Å². The quantitative estimate of drug-likeness (QED) is 0.836. The van der Waals surface area contributed by atoms with E-state index in [4.69, 9.17) is 5.26 Å². The van der Waals surface area contributed by atoms with Gasteiger partial charge in [0.2, 0.25) is 5.91 Å². The molecule has 8 heteroatoms. The second-order valence-corrected chi connectivity index (χ2v) is 6.11. The Morgan fingerprint density at radius 1 is 1.43 bits per heavy atom. The van der Waals surface area contributed by atoms with Gasteiger partial charge in [0, 0.05) is 0 Å². The average molecular weight is 347 g/mol. The van der Waals surface area contributed by atoms with Crippen LogP contribution in [0.4, 0.5) is 4.79 Å². The van der Waals surface area contributed by atoms with Gasteiger partial charge in [0.05, 0.1) is 28.5 Å². The molecule has 2 heterocycles. The van der Waals surface area contributed by atoms with E-state index in [9.17, 15) is 9.59 Å². The standard InChI is InChI=1S/C15H13N3O3S2/c1-2-21-15(20)18-13(19)9-23-14-10(8-16)5-6-11(17-14)12-4-3-7-22-12/h3-7H,2,9H2,1H3,(H,18,19,20). The zero-order valence-electron chi connectivity index (χ0n) is 12.2. The summed E-state index contributed by atoms with van der Waals surface area (Å²) >= 11 is 2.64. The van der Waals surface area contributed by atoms with Gasteiger partial charge >= 0.3 is 6.09 Å². The monoisotopic (exact) mass is 347 g/mol. The normalized spacial score (nSPS) is 9.91. The molecule has 0 fully saturated rings. The van der Waals surface area contributed by atoms with Crippen LogP contribution in [0.2, 0.25) is 0 Å². The number of hydrogen-bond acceptors (Lipinski definition) is 7. The fourth-order valence-electron chi connectivity index (χ4n) is 1.65. The van der Waals surface area contributed by atoms with Crippen LogP contribution in [0, 0.1) is 11.3 Å². The maximum atomic E-state index is 11.7. The Morgan fingerprint density at radius 2 is 2.26 bits per heavy atom. The summed E-state index contributed by atoms with van der Waals surface area (Å²) in [6.45, 7) is 1.84. The molecule has 1 N–H and O–H groups in total. The number of amides is 2. The maximum Gasteiger partial charge on any atom is 0.413 e. The predicted molar refractivity (Wildman–Crippen MR) is 88.2 cm³/mol. The second kappa shape index (κ2) is 8.31. The van der Waals surface area contributed by atoms with Gasteiger partial charge in [0.25, 0.3) is 0 Å². The summed E-state index contributed by atoms with van der Waals surface area (Å²) in [4.78, 5) is 28.2. The molecule has 0 saturated heterocycles. The summed E-state index contributed by atoms with van der Waals surface area (Å²) in [5.41, 5.74) is 1.13. The van der Waals surface area contributed by atoms with Gasteiger partial charge in [-0.25, -0.2) is 9.78 Å². The molecule has 0 radical (unpaired) electrons. The summed E-state index contributed by atoms with van der Waals surface area (Å²) in [7, 11) is 0. The number of nitrogens with zero attached hydrogens (tertiary/aromatic N) is 2. The lowest BCUT2D eigenvalue weighted by molar-refractivity contribution is -0.117. The van der Waals surface area contributed by atoms with Gasteiger partial charge in [0.1, 0.15) is 11.1 Å². The van der Waals surface area contributed by atoms with Crippen molar-refractivity contribution in [2.24, 2.45) is 0 Å². The highest BCUT2D eigenvalue weighted by molar-refractivity contribution is 8.00. The van der Waals surface area contributed by atoms with E-state index in [1.165, 1.54) is 0 Å². The van der Waals surface area contributed by atoms with Crippen molar-refractivity contribution in [3.63, 3.8) is 0 Å². The number of carbonyl (C=O) groups is 2. The van der Waals surface area contributed by atoms with Crippen molar-refractivity contribution >= 4 is 35.1 Å². The lowest BCUT2D eigenvalue weighted by atomic mass is 10.2. The highest BCUT2D eigenvalue weighted by Crippen LogP contribution is 2.27. The Hall–Kier alpha value is -2.37. The molecule has 2 rings (SSSR count). The van der Waals surface area contributed by atoms with E-state index >= 15 is 0 Å². The maximum absolute atomic E-state index is 11.7. The van der Waals surface area contributed by atoms with E-state index in [0.29, 0.717) is 10.6 Å². The molecule has 0 saturated carbocycles. The number of pyridine rings is 1. The number of ether oxygens (including phenoxy) is 1. The van der Waals surface area contributed by atoms with Gasteiger partial charge in [0.15, 0.2) is 0 Å². The third-order valence-electron chi connectivity index (χ3n) is 2.61.